The summed E-state index contributed by atoms with van der Waals surface area (Å²) in [7, 11) is 3.73. The highest BCUT2D eigenvalue weighted by Crippen LogP contribution is 2.06. The van der Waals surface area contributed by atoms with Crippen LogP contribution in [-0.4, -0.2) is 43.3 Å². The fraction of sp³-hybridized carbons (Fsp3) is 0.417. The van der Waals surface area contributed by atoms with Crippen molar-refractivity contribution >= 4 is 5.84 Å². The molecule has 1 aromatic carbocycles. The Labute approximate surface area is 101 Å². The molecule has 17 heavy (non-hydrogen) atoms. The zero-order valence-electron chi connectivity index (χ0n) is 10.3. The first-order chi connectivity index (χ1) is 8.17. The number of rotatable bonds is 6. The fourth-order valence-electron chi connectivity index (χ4n) is 1.48. The van der Waals surface area contributed by atoms with Gasteiger partial charge >= 0.3 is 0 Å². The second-order valence-corrected chi connectivity index (χ2v) is 3.91. The smallest absolute Gasteiger partial charge is 0.170 e. The minimum absolute atomic E-state index is 0.129. The molecular formula is C12H19N3O2. The third-order valence-corrected chi connectivity index (χ3v) is 2.49. The van der Waals surface area contributed by atoms with Gasteiger partial charge < -0.3 is 15.7 Å². The highest BCUT2D eigenvalue weighted by atomic mass is 16.5. The normalized spacial score (nSPS) is 12.1. The van der Waals surface area contributed by atoms with E-state index in [-0.39, 0.29) is 5.84 Å². The molecule has 94 valence electrons. The summed E-state index contributed by atoms with van der Waals surface area (Å²) >= 11 is 0. The van der Waals surface area contributed by atoms with Crippen molar-refractivity contribution in [1.82, 2.24) is 4.90 Å². The Morgan fingerprint density at radius 1 is 1.41 bits per heavy atom. The number of nitrogens with two attached hydrogens (primary N) is 1. The van der Waals surface area contributed by atoms with Gasteiger partial charge in [-0.1, -0.05) is 29.4 Å². The predicted molar refractivity (Wildman–Crippen MR) is 67.2 cm³/mol. The average molecular weight is 237 g/mol. The van der Waals surface area contributed by atoms with E-state index in [4.69, 9.17) is 15.7 Å². The molecule has 0 aromatic heterocycles. The molecule has 3 N–H and O–H groups in total. The Kier molecular flexibility index (Phi) is 5.45. The number of likely N-dealkylation sites (N-methyl/N-ethyl adjacent to an activating group) is 1. The van der Waals surface area contributed by atoms with Gasteiger partial charge in [0, 0.05) is 25.8 Å². The van der Waals surface area contributed by atoms with Gasteiger partial charge in [-0.25, -0.2) is 0 Å². The Bertz CT molecular complexity index is 363. The van der Waals surface area contributed by atoms with Crippen LogP contribution in [0.3, 0.4) is 0 Å². The van der Waals surface area contributed by atoms with E-state index in [1.807, 2.05) is 31.3 Å². The SMILES string of the molecule is COCCN(C)Cc1ccc(C(N)=NO)cc1. The first-order valence-corrected chi connectivity index (χ1v) is 5.41. The molecule has 0 amide bonds. The second-order valence-electron chi connectivity index (χ2n) is 3.91. The molecule has 5 heteroatoms. The van der Waals surface area contributed by atoms with E-state index in [0.717, 1.165) is 25.3 Å². The molecule has 0 radical (unpaired) electrons. The van der Waals surface area contributed by atoms with Crippen LogP contribution in [-0.2, 0) is 11.3 Å². The number of oxime groups is 1. The number of amidine groups is 1. The molecule has 0 atom stereocenters. The average Bonchev–Trinajstić information content (AvgIpc) is 2.36. The van der Waals surface area contributed by atoms with E-state index < -0.39 is 0 Å². The maximum absolute atomic E-state index is 8.54. The van der Waals surface area contributed by atoms with Crippen molar-refractivity contribution in [3.05, 3.63) is 35.4 Å². The standard InChI is InChI=1S/C12H19N3O2/c1-15(7-8-17-2)9-10-3-5-11(6-4-10)12(13)14-16/h3-6,16H,7-9H2,1-2H3,(H2,13,14). The number of hydrogen-bond acceptors (Lipinski definition) is 4. The van der Waals surface area contributed by atoms with Gasteiger partial charge in [-0.3, -0.25) is 4.90 Å². The van der Waals surface area contributed by atoms with Crippen molar-refractivity contribution in [1.29, 1.82) is 0 Å². The molecule has 0 aliphatic heterocycles. The molecular weight excluding hydrogens is 218 g/mol. The minimum Gasteiger partial charge on any atom is -0.409 e. The Morgan fingerprint density at radius 2 is 2.06 bits per heavy atom. The van der Waals surface area contributed by atoms with E-state index in [2.05, 4.69) is 10.1 Å². The molecule has 0 saturated heterocycles. The van der Waals surface area contributed by atoms with E-state index >= 15 is 0 Å². The van der Waals surface area contributed by atoms with Crippen LogP contribution in [0.25, 0.3) is 0 Å². The predicted octanol–water partition coefficient (Wildman–Crippen LogP) is 0.859. The molecule has 0 fully saturated rings. The van der Waals surface area contributed by atoms with Gasteiger partial charge in [0.15, 0.2) is 5.84 Å². The van der Waals surface area contributed by atoms with Crippen LogP contribution in [0.15, 0.2) is 29.4 Å². The van der Waals surface area contributed by atoms with Crippen molar-refractivity contribution in [2.75, 3.05) is 27.3 Å². The summed E-state index contributed by atoms with van der Waals surface area (Å²) in [5, 5.41) is 11.5. The molecule has 0 bridgehead atoms. The zero-order valence-corrected chi connectivity index (χ0v) is 10.3. The lowest BCUT2D eigenvalue weighted by Gasteiger charge is -2.16. The van der Waals surface area contributed by atoms with Crippen molar-refractivity contribution in [3.8, 4) is 0 Å². The molecule has 0 saturated carbocycles. The number of nitrogens with zero attached hydrogens (tertiary/aromatic N) is 2. The van der Waals surface area contributed by atoms with Gasteiger partial charge in [0.25, 0.3) is 0 Å². The highest BCUT2D eigenvalue weighted by molar-refractivity contribution is 5.96. The quantitative estimate of drug-likeness (QED) is 0.333. The molecule has 0 heterocycles. The van der Waals surface area contributed by atoms with Crippen molar-refractivity contribution in [3.63, 3.8) is 0 Å². The van der Waals surface area contributed by atoms with Crippen LogP contribution in [0.1, 0.15) is 11.1 Å². The van der Waals surface area contributed by atoms with Crippen molar-refractivity contribution < 1.29 is 9.94 Å². The van der Waals surface area contributed by atoms with Crippen LogP contribution >= 0.6 is 0 Å². The van der Waals surface area contributed by atoms with E-state index in [9.17, 15) is 0 Å². The number of hydrogen-bond donors (Lipinski definition) is 2. The molecule has 0 aliphatic rings. The minimum atomic E-state index is 0.129. The summed E-state index contributed by atoms with van der Waals surface area (Å²) in [5.41, 5.74) is 7.38. The Morgan fingerprint density at radius 3 is 2.59 bits per heavy atom. The molecule has 1 aromatic rings. The largest absolute Gasteiger partial charge is 0.409 e. The lowest BCUT2D eigenvalue weighted by molar-refractivity contribution is 0.158. The fourth-order valence-corrected chi connectivity index (χ4v) is 1.48. The van der Waals surface area contributed by atoms with Gasteiger partial charge in [0.2, 0.25) is 0 Å². The van der Waals surface area contributed by atoms with Crippen molar-refractivity contribution in [2.24, 2.45) is 10.9 Å². The third kappa shape index (κ3) is 4.42. The van der Waals surface area contributed by atoms with Crippen LogP contribution in [0.5, 0.6) is 0 Å². The number of methoxy groups -OCH3 is 1. The van der Waals surface area contributed by atoms with Gasteiger partial charge in [-0.15, -0.1) is 0 Å². The number of benzene rings is 1. The summed E-state index contributed by atoms with van der Waals surface area (Å²) in [6, 6.07) is 7.62. The molecule has 1 rings (SSSR count). The summed E-state index contributed by atoms with van der Waals surface area (Å²) in [6.07, 6.45) is 0. The lowest BCUT2D eigenvalue weighted by atomic mass is 10.1. The third-order valence-electron chi connectivity index (χ3n) is 2.49. The van der Waals surface area contributed by atoms with Crippen LogP contribution < -0.4 is 5.73 Å². The number of ether oxygens (including phenoxy) is 1. The van der Waals surface area contributed by atoms with Gasteiger partial charge in [-0.2, -0.15) is 0 Å². The summed E-state index contributed by atoms with van der Waals surface area (Å²) in [6.45, 7) is 2.46. The zero-order chi connectivity index (χ0) is 12.7. The molecule has 0 unspecified atom stereocenters. The second kappa shape index (κ2) is 6.88. The highest BCUT2D eigenvalue weighted by Gasteiger charge is 2.02. The first-order valence-electron chi connectivity index (χ1n) is 5.41. The van der Waals surface area contributed by atoms with Crippen LogP contribution in [0.4, 0.5) is 0 Å². The first kappa shape index (κ1) is 13.5. The molecule has 0 spiro atoms. The van der Waals surface area contributed by atoms with Gasteiger partial charge in [-0.05, 0) is 12.6 Å². The monoisotopic (exact) mass is 237 g/mol. The lowest BCUT2D eigenvalue weighted by Crippen LogP contribution is -2.22. The maximum atomic E-state index is 8.54. The topological polar surface area (TPSA) is 71.1 Å². The maximum Gasteiger partial charge on any atom is 0.170 e. The van der Waals surface area contributed by atoms with Crippen LogP contribution in [0.2, 0.25) is 0 Å². The van der Waals surface area contributed by atoms with Crippen molar-refractivity contribution in [2.45, 2.75) is 6.54 Å². The summed E-state index contributed by atoms with van der Waals surface area (Å²) in [5.74, 6) is 0.129. The Balaban J connectivity index is 2.56. The van der Waals surface area contributed by atoms with E-state index in [1.54, 1.807) is 7.11 Å². The molecule has 5 nitrogen and oxygen atoms in total. The Hall–Kier alpha value is -1.59. The summed E-state index contributed by atoms with van der Waals surface area (Å²) < 4.78 is 5.01. The van der Waals surface area contributed by atoms with Gasteiger partial charge in [0.05, 0.1) is 6.61 Å². The van der Waals surface area contributed by atoms with E-state index in [0.29, 0.717) is 0 Å². The summed E-state index contributed by atoms with van der Waals surface area (Å²) in [4.78, 5) is 2.17. The molecule has 0 aliphatic carbocycles. The van der Waals surface area contributed by atoms with E-state index in [1.165, 1.54) is 5.56 Å². The van der Waals surface area contributed by atoms with Gasteiger partial charge in [0.1, 0.15) is 0 Å². The van der Waals surface area contributed by atoms with Crippen LogP contribution in [0, 0.1) is 0 Å².